The topological polar surface area (TPSA) is 244 Å². The van der Waals surface area contributed by atoms with E-state index >= 15 is 0 Å². The van der Waals surface area contributed by atoms with Crippen molar-refractivity contribution in [3.63, 3.8) is 0 Å². The Morgan fingerprint density at radius 3 is 2.51 bits per heavy atom. The summed E-state index contributed by atoms with van der Waals surface area (Å²) in [5.74, 6) is -4.39. The molecule has 20 heteroatoms. The number of carboxylic acids is 1. The maximum atomic E-state index is 13.4. The van der Waals surface area contributed by atoms with E-state index in [1.54, 1.807) is 0 Å². The molecule has 2 aromatic heterocycles. The third kappa shape index (κ3) is 8.45. The fraction of sp³-hybridized carbons (Fsp3) is 0.600. The number of nitrogens with zero attached hydrogens (tertiary/aromatic N) is 8. The predicted octanol–water partition coefficient (Wildman–Crippen LogP) is -1.06. The zero-order valence-electron chi connectivity index (χ0n) is 24.9. The zero-order chi connectivity index (χ0) is 33.1. The van der Waals surface area contributed by atoms with E-state index in [2.05, 4.69) is 30.3 Å². The van der Waals surface area contributed by atoms with Gasteiger partial charge in [0.15, 0.2) is 16.6 Å². The highest BCUT2D eigenvalue weighted by molar-refractivity contribution is 7.84. The van der Waals surface area contributed by atoms with Crippen LogP contribution in [0.3, 0.4) is 0 Å². The van der Waals surface area contributed by atoms with Crippen LogP contribution in [0, 0.1) is 5.92 Å². The first-order chi connectivity index (χ1) is 21.0. The van der Waals surface area contributed by atoms with Gasteiger partial charge in [-0.2, -0.15) is 8.42 Å². The Hall–Kier alpha value is -3.85. The third-order valence-corrected chi connectivity index (χ3v) is 9.10. The van der Waals surface area contributed by atoms with Gasteiger partial charge in [-0.25, -0.2) is 14.1 Å². The number of β-lactam (4-membered cyclic amide) rings is 1. The molecule has 4 rings (SSSR count). The molecule has 4 heterocycles. The number of carbonyl (C=O) groups is 4. The molecule has 2 aliphatic heterocycles. The normalized spacial score (nSPS) is 20.2. The number of aliphatic carboxylic acids is 1. The van der Waals surface area contributed by atoms with Crippen LogP contribution in [0.1, 0.15) is 38.1 Å². The van der Waals surface area contributed by atoms with Crippen molar-refractivity contribution in [1.29, 1.82) is 0 Å². The van der Waals surface area contributed by atoms with Gasteiger partial charge in [-0.3, -0.25) is 28.5 Å². The quantitative estimate of drug-likeness (QED) is 0.0885. The number of aryl methyl sites for hydroxylation is 1. The second-order valence-electron chi connectivity index (χ2n) is 11.4. The van der Waals surface area contributed by atoms with Gasteiger partial charge in [0.05, 0.1) is 30.7 Å². The third-order valence-electron chi connectivity index (χ3n) is 7.48. The SMILES string of the molecule is CN1CCN(CC(=O)CCc2cn(C[C@@H]3[C@H](CC(=O)/C(=N\OC(C)(C)C(=O)O)c4csc(N)n4)C(=O)N3S(=O)(=O)O)nn2)CC1. The molecule has 4 N–H and O–H groups in total. The number of aromatic nitrogens is 4. The van der Waals surface area contributed by atoms with Gasteiger partial charge in [-0.15, -0.1) is 16.4 Å². The summed E-state index contributed by atoms with van der Waals surface area (Å²) in [6.07, 6.45) is 1.44. The smallest absolute Gasteiger partial charge is 0.362 e. The van der Waals surface area contributed by atoms with E-state index in [9.17, 15) is 37.3 Å². The lowest BCUT2D eigenvalue weighted by Crippen LogP contribution is -2.64. The number of nitrogens with two attached hydrogens (primary N) is 1. The zero-order valence-corrected chi connectivity index (χ0v) is 26.5. The Kier molecular flexibility index (Phi) is 10.3. The molecule has 2 fully saturated rings. The molecule has 0 saturated carbocycles. The molecule has 45 heavy (non-hydrogen) atoms. The minimum Gasteiger partial charge on any atom is -0.478 e. The number of hydrogen-bond donors (Lipinski definition) is 3. The second-order valence-corrected chi connectivity index (χ2v) is 13.6. The molecule has 2 saturated heterocycles. The van der Waals surface area contributed by atoms with E-state index in [0.29, 0.717) is 18.7 Å². The van der Waals surface area contributed by atoms with E-state index in [1.807, 2.05) is 7.05 Å². The first-order valence-corrected chi connectivity index (χ1v) is 16.2. The standard InChI is InChI=1S/C25H35N9O9S2/c1-25(2,23(38)39)43-29-21(18-14-44-24(26)27-18)20(36)10-17-19(34(22(17)37)45(40,41)42)13-33-11-15(28-30-33)4-5-16(35)12-32-8-6-31(3)7-9-32/h11,14,17,19H,4-10,12-13H2,1-3H3,(H2,26,27)(H,38,39)(H,40,41,42)/b29-21-/t17-,19+/m0/s1. The van der Waals surface area contributed by atoms with Crippen LogP contribution in [0.15, 0.2) is 16.7 Å². The van der Waals surface area contributed by atoms with Gasteiger partial charge >= 0.3 is 16.3 Å². The van der Waals surface area contributed by atoms with Gasteiger partial charge in [0.1, 0.15) is 11.5 Å². The van der Waals surface area contributed by atoms with E-state index in [4.69, 9.17) is 10.6 Å². The Morgan fingerprint density at radius 1 is 1.22 bits per heavy atom. The van der Waals surface area contributed by atoms with E-state index in [0.717, 1.165) is 37.5 Å². The minimum absolute atomic E-state index is 0.0262. The van der Waals surface area contributed by atoms with Crippen LogP contribution in [-0.4, -0.2) is 133 Å². The highest BCUT2D eigenvalue weighted by Crippen LogP contribution is 2.34. The van der Waals surface area contributed by atoms with Crippen LogP contribution in [0.2, 0.25) is 0 Å². The monoisotopic (exact) mass is 669 g/mol. The maximum Gasteiger partial charge on any atom is 0.362 e. The average Bonchev–Trinajstić information content (AvgIpc) is 3.59. The number of carboxylic acid groups (broad SMARTS) is 1. The maximum absolute atomic E-state index is 13.4. The summed E-state index contributed by atoms with van der Waals surface area (Å²) in [4.78, 5) is 63.5. The fourth-order valence-corrected chi connectivity index (χ4v) is 6.22. The predicted molar refractivity (Wildman–Crippen MR) is 158 cm³/mol. The van der Waals surface area contributed by atoms with Crippen LogP contribution in [0.4, 0.5) is 5.13 Å². The Bertz CT molecular complexity index is 1580. The van der Waals surface area contributed by atoms with Crippen molar-refractivity contribution >= 4 is 55.9 Å². The number of likely N-dealkylation sites (N-methyl/N-ethyl adjacent to an activating group) is 1. The molecule has 2 aliphatic rings. The van der Waals surface area contributed by atoms with E-state index in [-0.39, 0.29) is 33.9 Å². The van der Waals surface area contributed by atoms with E-state index in [1.165, 1.54) is 30.1 Å². The van der Waals surface area contributed by atoms with Crippen molar-refractivity contribution in [2.75, 3.05) is 45.5 Å². The summed E-state index contributed by atoms with van der Waals surface area (Å²) in [5, 5.41) is 22.5. The molecule has 1 amide bonds. The summed E-state index contributed by atoms with van der Waals surface area (Å²) in [5.41, 5.74) is 3.89. The lowest BCUT2D eigenvalue weighted by Gasteiger charge is -2.43. The molecule has 0 aromatic carbocycles. The molecule has 2 atom stereocenters. The lowest BCUT2D eigenvalue weighted by molar-refractivity contribution is -0.161. The fourth-order valence-electron chi connectivity index (χ4n) is 4.75. The average molecular weight is 670 g/mol. The number of thiazole rings is 1. The van der Waals surface area contributed by atoms with Gasteiger partial charge in [0.2, 0.25) is 11.5 Å². The highest BCUT2D eigenvalue weighted by atomic mass is 32.2. The Balaban J connectivity index is 1.44. The van der Waals surface area contributed by atoms with Crippen molar-refractivity contribution in [3.05, 3.63) is 23.0 Å². The van der Waals surface area contributed by atoms with Gasteiger partial charge in [0.25, 0.3) is 0 Å². The Morgan fingerprint density at radius 2 is 1.91 bits per heavy atom. The van der Waals surface area contributed by atoms with Crippen LogP contribution in [-0.2, 0) is 47.3 Å². The molecular weight excluding hydrogens is 634 g/mol. The van der Waals surface area contributed by atoms with Crippen LogP contribution < -0.4 is 5.73 Å². The lowest BCUT2D eigenvalue weighted by atomic mass is 9.84. The van der Waals surface area contributed by atoms with Gasteiger partial charge < -0.3 is 20.6 Å². The van der Waals surface area contributed by atoms with Crippen molar-refractivity contribution in [2.24, 2.45) is 11.1 Å². The van der Waals surface area contributed by atoms with E-state index < -0.39 is 57.7 Å². The summed E-state index contributed by atoms with van der Waals surface area (Å²) in [6.45, 7) is 5.91. The summed E-state index contributed by atoms with van der Waals surface area (Å²) < 4.78 is 35.3. The van der Waals surface area contributed by atoms with Gasteiger partial charge in [-0.05, 0) is 20.9 Å². The Labute approximate surface area is 262 Å². The minimum atomic E-state index is -4.98. The number of anilines is 1. The van der Waals surface area contributed by atoms with Crippen molar-refractivity contribution in [2.45, 2.75) is 51.3 Å². The number of oxime groups is 1. The highest BCUT2D eigenvalue weighted by Gasteiger charge is 2.54. The molecule has 0 radical (unpaired) electrons. The number of ketones is 2. The molecule has 18 nitrogen and oxygen atoms in total. The molecular formula is C25H35N9O9S2. The number of rotatable bonds is 15. The molecule has 0 aliphatic carbocycles. The number of piperazine rings is 1. The van der Waals surface area contributed by atoms with Gasteiger partial charge in [-0.1, -0.05) is 10.4 Å². The van der Waals surface area contributed by atoms with Crippen LogP contribution >= 0.6 is 11.3 Å². The van der Waals surface area contributed by atoms with Crippen LogP contribution in [0.25, 0.3) is 0 Å². The number of Topliss-reactive ketones (excluding diaryl/α,β-unsaturated/α-hetero) is 2. The van der Waals surface area contributed by atoms with Crippen molar-refractivity contribution in [3.8, 4) is 0 Å². The second kappa shape index (κ2) is 13.6. The molecule has 2 aromatic rings. The molecule has 0 unspecified atom stereocenters. The molecule has 0 spiro atoms. The summed E-state index contributed by atoms with van der Waals surface area (Å²) in [7, 11) is -2.95. The van der Waals surface area contributed by atoms with Crippen LogP contribution in [0.5, 0.6) is 0 Å². The largest absolute Gasteiger partial charge is 0.478 e. The number of nitrogen functional groups attached to an aromatic ring is 1. The van der Waals surface area contributed by atoms with Crippen molar-refractivity contribution in [1.82, 2.24) is 34.1 Å². The number of hydrogen-bond acceptors (Lipinski definition) is 15. The van der Waals surface area contributed by atoms with Gasteiger partial charge in [0, 0.05) is 57.0 Å². The summed E-state index contributed by atoms with van der Waals surface area (Å²) in [6, 6.07) is -1.22. The summed E-state index contributed by atoms with van der Waals surface area (Å²) >= 11 is 0.982. The first kappa shape index (κ1) is 34.0. The number of amides is 1. The molecule has 0 bridgehead atoms. The first-order valence-electron chi connectivity index (χ1n) is 13.9. The number of carbonyl (C=O) groups excluding carboxylic acids is 3. The molecule has 246 valence electrons. The van der Waals surface area contributed by atoms with Crippen molar-refractivity contribution < 1.29 is 42.1 Å².